The van der Waals surface area contributed by atoms with Gasteiger partial charge >= 0.3 is 0 Å². The van der Waals surface area contributed by atoms with Crippen molar-refractivity contribution in [3.05, 3.63) is 70.5 Å². The summed E-state index contributed by atoms with van der Waals surface area (Å²) in [7, 11) is 0. The van der Waals surface area contributed by atoms with Gasteiger partial charge in [0.1, 0.15) is 17.4 Å². The normalized spacial score (nSPS) is 15.2. The Labute approximate surface area is 166 Å². The number of benzene rings is 2. The number of rotatable bonds is 4. The van der Waals surface area contributed by atoms with Crippen LogP contribution in [-0.4, -0.2) is 46.0 Å². The minimum Gasteiger partial charge on any atom is -0.450 e. The molecule has 1 aliphatic rings. The summed E-state index contributed by atoms with van der Waals surface area (Å²) in [6.45, 7) is 3.98. The second-order valence-corrected chi connectivity index (χ2v) is 7.16. The Kier molecular flexibility index (Phi) is 4.33. The first-order valence-electron chi connectivity index (χ1n) is 9.52. The number of para-hydroxylation sites is 1. The van der Waals surface area contributed by atoms with E-state index in [1.54, 1.807) is 18.5 Å². The number of fused-ring (bicyclic) bond motifs is 3. The van der Waals surface area contributed by atoms with E-state index in [2.05, 4.69) is 19.8 Å². The number of hydrogen-bond acceptors (Lipinski definition) is 7. The molecular formula is C21H19N5O3. The zero-order valence-corrected chi connectivity index (χ0v) is 15.7. The average Bonchev–Trinajstić information content (AvgIpc) is 3.13. The third-order valence-electron chi connectivity index (χ3n) is 5.34. The maximum Gasteiger partial charge on any atom is 0.269 e. The van der Waals surface area contributed by atoms with Gasteiger partial charge in [-0.1, -0.05) is 24.3 Å². The highest BCUT2D eigenvalue weighted by molar-refractivity contribution is 6.05. The highest BCUT2D eigenvalue weighted by atomic mass is 16.6. The van der Waals surface area contributed by atoms with Crippen molar-refractivity contribution in [2.45, 2.75) is 6.54 Å². The topological polar surface area (TPSA) is 88.5 Å². The van der Waals surface area contributed by atoms with E-state index >= 15 is 0 Å². The largest absolute Gasteiger partial charge is 0.450 e. The molecule has 0 saturated carbocycles. The zero-order chi connectivity index (χ0) is 19.8. The smallest absolute Gasteiger partial charge is 0.269 e. The van der Waals surface area contributed by atoms with Crippen molar-refractivity contribution in [1.29, 1.82) is 0 Å². The van der Waals surface area contributed by atoms with Gasteiger partial charge in [-0.15, -0.1) is 0 Å². The Morgan fingerprint density at radius 3 is 2.69 bits per heavy atom. The molecule has 3 heterocycles. The number of anilines is 1. The van der Waals surface area contributed by atoms with Crippen LogP contribution in [0.25, 0.3) is 22.1 Å². The lowest BCUT2D eigenvalue weighted by atomic mass is 10.1. The van der Waals surface area contributed by atoms with E-state index in [4.69, 9.17) is 4.42 Å². The molecule has 0 amide bonds. The van der Waals surface area contributed by atoms with Crippen LogP contribution < -0.4 is 4.90 Å². The van der Waals surface area contributed by atoms with Gasteiger partial charge in [-0.05, 0) is 17.7 Å². The average molecular weight is 389 g/mol. The SMILES string of the molecule is O=[N+]([O-])c1cccc(CN2CCN(c3ncnc4c3oc3ccccc34)CC2)c1. The van der Waals surface area contributed by atoms with Crippen molar-refractivity contribution in [2.75, 3.05) is 31.1 Å². The molecule has 4 aromatic rings. The molecule has 1 saturated heterocycles. The third-order valence-corrected chi connectivity index (χ3v) is 5.34. The summed E-state index contributed by atoms with van der Waals surface area (Å²) >= 11 is 0. The van der Waals surface area contributed by atoms with Crippen molar-refractivity contribution in [2.24, 2.45) is 0 Å². The van der Waals surface area contributed by atoms with Crippen LogP contribution in [0.1, 0.15) is 5.56 Å². The maximum absolute atomic E-state index is 11.0. The molecule has 0 unspecified atom stereocenters. The predicted octanol–water partition coefficient (Wildman–Crippen LogP) is 3.61. The lowest BCUT2D eigenvalue weighted by Crippen LogP contribution is -2.46. The molecule has 1 aliphatic heterocycles. The molecule has 0 spiro atoms. The van der Waals surface area contributed by atoms with Gasteiger partial charge in [0.25, 0.3) is 5.69 Å². The molecule has 146 valence electrons. The molecular weight excluding hydrogens is 370 g/mol. The Morgan fingerprint density at radius 2 is 1.86 bits per heavy atom. The lowest BCUT2D eigenvalue weighted by molar-refractivity contribution is -0.384. The van der Waals surface area contributed by atoms with E-state index in [0.29, 0.717) is 6.54 Å². The molecule has 1 fully saturated rings. The third kappa shape index (κ3) is 3.27. The van der Waals surface area contributed by atoms with E-state index in [1.165, 1.54) is 6.07 Å². The van der Waals surface area contributed by atoms with Crippen LogP contribution in [0.4, 0.5) is 11.5 Å². The first-order valence-corrected chi connectivity index (χ1v) is 9.52. The Bertz CT molecular complexity index is 1200. The van der Waals surface area contributed by atoms with E-state index in [1.807, 2.05) is 30.3 Å². The first-order chi connectivity index (χ1) is 14.2. The summed E-state index contributed by atoms with van der Waals surface area (Å²) in [5.74, 6) is 0.821. The lowest BCUT2D eigenvalue weighted by Gasteiger charge is -2.35. The van der Waals surface area contributed by atoms with Gasteiger partial charge in [0.05, 0.1) is 4.92 Å². The fourth-order valence-electron chi connectivity index (χ4n) is 3.88. The fraction of sp³-hybridized carbons (Fsp3) is 0.238. The van der Waals surface area contributed by atoms with Gasteiger partial charge in [0.15, 0.2) is 11.4 Å². The molecule has 0 N–H and O–H groups in total. The number of hydrogen-bond donors (Lipinski definition) is 0. The molecule has 29 heavy (non-hydrogen) atoms. The maximum atomic E-state index is 11.0. The highest BCUT2D eigenvalue weighted by Gasteiger charge is 2.23. The number of piperazine rings is 1. The number of furan rings is 1. The summed E-state index contributed by atoms with van der Waals surface area (Å²) in [5.41, 5.74) is 3.46. The van der Waals surface area contributed by atoms with Gasteiger partial charge in [0.2, 0.25) is 0 Å². The highest BCUT2D eigenvalue weighted by Crippen LogP contribution is 2.32. The second kappa shape index (κ2) is 7.14. The van der Waals surface area contributed by atoms with Crippen molar-refractivity contribution in [1.82, 2.24) is 14.9 Å². The van der Waals surface area contributed by atoms with Crippen LogP contribution in [0.3, 0.4) is 0 Å². The molecule has 0 aliphatic carbocycles. The van der Waals surface area contributed by atoms with Gasteiger partial charge in [-0.3, -0.25) is 15.0 Å². The summed E-state index contributed by atoms with van der Waals surface area (Å²) in [4.78, 5) is 24.1. The Morgan fingerprint density at radius 1 is 1.03 bits per heavy atom. The molecule has 0 radical (unpaired) electrons. The minimum absolute atomic E-state index is 0.134. The summed E-state index contributed by atoms with van der Waals surface area (Å²) in [6.07, 6.45) is 1.59. The number of nitro benzene ring substituents is 1. The van der Waals surface area contributed by atoms with Crippen LogP contribution in [0.15, 0.2) is 59.3 Å². The van der Waals surface area contributed by atoms with Crippen LogP contribution in [0, 0.1) is 10.1 Å². The van der Waals surface area contributed by atoms with Crippen LogP contribution in [-0.2, 0) is 6.54 Å². The fourth-order valence-corrected chi connectivity index (χ4v) is 3.88. The van der Waals surface area contributed by atoms with Crippen molar-refractivity contribution in [3.8, 4) is 0 Å². The molecule has 2 aromatic carbocycles. The minimum atomic E-state index is -0.352. The van der Waals surface area contributed by atoms with Gasteiger partial charge in [0, 0.05) is 50.2 Å². The molecule has 5 rings (SSSR count). The molecule has 0 bridgehead atoms. The van der Waals surface area contributed by atoms with Gasteiger partial charge in [-0.25, -0.2) is 9.97 Å². The summed E-state index contributed by atoms with van der Waals surface area (Å²) in [5, 5.41) is 12.0. The van der Waals surface area contributed by atoms with E-state index in [0.717, 1.165) is 59.6 Å². The zero-order valence-electron chi connectivity index (χ0n) is 15.7. The quantitative estimate of drug-likeness (QED) is 0.389. The first kappa shape index (κ1) is 17.6. The van der Waals surface area contributed by atoms with Crippen molar-refractivity contribution < 1.29 is 9.34 Å². The van der Waals surface area contributed by atoms with Crippen molar-refractivity contribution in [3.63, 3.8) is 0 Å². The van der Waals surface area contributed by atoms with E-state index in [9.17, 15) is 10.1 Å². The van der Waals surface area contributed by atoms with Gasteiger partial charge < -0.3 is 9.32 Å². The summed E-state index contributed by atoms with van der Waals surface area (Å²) < 4.78 is 6.05. The Balaban J connectivity index is 1.33. The van der Waals surface area contributed by atoms with Crippen LogP contribution >= 0.6 is 0 Å². The monoisotopic (exact) mass is 389 g/mol. The number of non-ortho nitro benzene ring substituents is 1. The number of aromatic nitrogens is 2. The predicted molar refractivity (Wildman–Crippen MR) is 110 cm³/mol. The van der Waals surface area contributed by atoms with Crippen LogP contribution in [0.5, 0.6) is 0 Å². The molecule has 2 aromatic heterocycles. The molecule has 0 atom stereocenters. The number of nitro groups is 1. The Hall–Kier alpha value is -3.52. The standard InChI is InChI=1S/C21H19N5O3/c27-26(28)16-5-3-4-15(12-16)13-24-8-10-25(11-9-24)21-20-19(22-14-23-21)17-6-1-2-7-18(17)29-20/h1-7,12,14H,8-11,13H2. The second-order valence-electron chi connectivity index (χ2n) is 7.16. The van der Waals surface area contributed by atoms with Gasteiger partial charge in [-0.2, -0.15) is 0 Å². The van der Waals surface area contributed by atoms with Crippen LogP contribution in [0.2, 0.25) is 0 Å². The molecule has 8 heteroatoms. The molecule has 8 nitrogen and oxygen atoms in total. The van der Waals surface area contributed by atoms with E-state index in [-0.39, 0.29) is 10.6 Å². The van der Waals surface area contributed by atoms with E-state index < -0.39 is 0 Å². The number of nitrogens with zero attached hydrogens (tertiary/aromatic N) is 5. The van der Waals surface area contributed by atoms with Crippen molar-refractivity contribution >= 4 is 33.6 Å². The summed E-state index contributed by atoms with van der Waals surface area (Å²) in [6, 6.07) is 14.7.